The van der Waals surface area contributed by atoms with Gasteiger partial charge in [0.25, 0.3) is 0 Å². The molecule has 3 aromatic carbocycles. The second-order valence-electron chi connectivity index (χ2n) is 9.38. The summed E-state index contributed by atoms with van der Waals surface area (Å²) in [6.07, 6.45) is 6.18. The van der Waals surface area contributed by atoms with E-state index in [4.69, 9.17) is 0 Å². The Labute approximate surface area is 189 Å². The predicted octanol–water partition coefficient (Wildman–Crippen LogP) is 6.86. The van der Waals surface area contributed by atoms with Crippen LogP contribution >= 0.6 is 0 Å². The molecule has 3 atom stereocenters. The summed E-state index contributed by atoms with van der Waals surface area (Å²) in [6, 6.07) is 23.3. The minimum absolute atomic E-state index is 0.0730. The highest BCUT2D eigenvalue weighted by atomic mass is 19.1. The molecule has 1 fully saturated rings. The Bertz CT molecular complexity index is 1170. The lowest BCUT2D eigenvalue weighted by atomic mass is 9.69. The molecular formula is C29H28FNO. The third kappa shape index (κ3) is 3.46. The zero-order chi connectivity index (χ0) is 22.3. The van der Waals surface area contributed by atoms with Crippen molar-refractivity contribution >= 4 is 5.91 Å². The summed E-state index contributed by atoms with van der Waals surface area (Å²) in [7, 11) is 0. The van der Waals surface area contributed by atoms with Gasteiger partial charge in [0.15, 0.2) is 0 Å². The molecule has 3 heteroatoms. The fourth-order valence-corrected chi connectivity index (χ4v) is 5.38. The van der Waals surface area contributed by atoms with E-state index in [2.05, 4.69) is 31.2 Å². The van der Waals surface area contributed by atoms with Gasteiger partial charge in [-0.2, -0.15) is 0 Å². The molecule has 32 heavy (non-hydrogen) atoms. The van der Waals surface area contributed by atoms with Crippen molar-refractivity contribution in [1.82, 2.24) is 4.90 Å². The van der Waals surface area contributed by atoms with Crippen molar-refractivity contribution in [2.24, 2.45) is 11.3 Å². The molecule has 162 valence electrons. The van der Waals surface area contributed by atoms with Gasteiger partial charge in [-0.25, -0.2) is 4.39 Å². The molecule has 0 spiro atoms. The number of carbonyl (C=O) groups excluding carboxylic acids is 1. The number of carbonyl (C=O) groups is 1. The second kappa shape index (κ2) is 8.05. The Hall–Kier alpha value is -3.20. The molecule has 1 amide bonds. The molecule has 0 bridgehead atoms. The van der Waals surface area contributed by atoms with Crippen LogP contribution < -0.4 is 0 Å². The highest BCUT2D eigenvalue weighted by Gasteiger charge is 2.55. The number of nitrogens with zero attached hydrogens (tertiary/aromatic N) is 1. The lowest BCUT2D eigenvalue weighted by Crippen LogP contribution is -2.34. The monoisotopic (exact) mass is 425 g/mol. The number of hydrogen-bond donors (Lipinski definition) is 0. The number of allylic oxidation sites excluding steroid dienone is 1. The summed E-state index contributed by atoms with van der Waals surface area (Å²) in [6.45, 7) is 4.69. The van der Waals surface area contributed by atoms with Gasteiger partial charge in [0.05, 0.1) is 11.5 Å². The van der Waals surface area contributed by atoms with Crippen molar-refractivity contribution in [2.45, 2.75) is 39.3 Å². The van der Waals surface area contributed by atoms with Crippen LogP contribution in [0.4, 0.5) is 4.39 Å². The Morgan fingerprint density at radius 1 is 1.03 bits per heavy atom. The second-order valence-corrected chi connectivity index (χ2v) is 9.38. The van der Waals surface area contributed by atoms with Gasteiger partial charge in [0.1, 0.15) is 5.82 Å². The first kappa shape index (κ1) is 20.7. The molecule has 1 aliphatic heterocycles. The van der Waals surface area contributed by atoms with Crippen molar-refractivity contribution in [3.63, 3.8) is 0 Å². The number of amides is 1. The first-order chi connectivity index (χ1) is 15.5. The molecule has 3 aromatic rings. The molecule has 0 radical (unpaired) electrons. The fourth-order valence-electron chi connectivity index (χ4n) is 5.38. The van der Waals surface area contributed by atoms with E-state index in [0.717, 1.165) is 35.1 Å². The maximum atomic E-state index is 14.9. The van der Waals surface area contributed by atoms with Crippen molar-refractivity contribution < 1.29 is 9.18 Å². The van der Waals surface area contributed by atoms with E-state index in [-0.39, 0.29) is 23.7 Å². The van der Waals surface area contributed by atoms with Crippen molar-refractivity contribution in [3.05, 3.63) is 107 Å². The molecule has 0 saturated carbocycles. The van der Waals surface area contributed by atoms with Crippen LogP contribution in [0.2, 0.25) is 0 Å². The summed E-state index contributed by atoms with van der Waals surface area (Å²) >= 11 is 0. The normalized spacial score (nSPS) is 24.6. The third-order valence-electron chi connectivity index (χ3n) is 7.23. The zero-order valence-electron chi connectivity index (χ0n) is 18.6. The maximum Gasteiger partial charge on any atom is 0.230 e. The van der Waals surface area contributed by atoms with E-state index in [1.807, 2.05) is 66.4 Å². The molecule has 1 saturated heterocycles. The third-order valence-corrected chi connectivity index (χ3v) is 7.23. The highest BCUT2D eigenvalue weighted by Crippen LogP contribution is 2.54. The molecule has 2 aliphatic rings. The average molecular weight is 426 g/mol. The number of halogens is 1. The van der Waals surface area contributed by atoms with Crippen LogP contribution in [0.1, 0.15) is 42.5 Å². The largest absolute Gasteiger partial charge is 0.330 e. The summed E-state index contributed by atoms with van der Waals surface area (Å²) in [5.41, 5.74) is 4.26. The highest BCUT2D eigenvalue weighted by molar-refractivity contribution is 5.87. The van der Waals surface area contributed by atoms with E-state index < -0.39 is 5.41 Å². The molecule has 1 aliphatic carbocycles. The Balaban J connectivity index is 1.61. The van der Waals surface area contributed by atoms with E-state index in [0.29, 0.717) is 12.1 Å². The van der Waals surface area contributed by atoms with E-state index in [9.17, 15) is 9.18 Å². The van der Waals surface area contributed by atoms with Crippen molar-refractivity contribution in [3.8, 4) is 11.1 Å². The quantitative estimate of drug-likeness (QED) is 0.418. The van der Waals surface area contributed by atoms with E-state index in [1.165, 1.54) is 0 Å². The van der Waals surface area contributed by atoms with Crippen LogP contribution in [-0.2, 0) is 11.3 Å². The average Bonchev–Trinajstić information content (AvgIpc) is 3.02. The first-order valence-electron chi connectivity index (χ1n) is 11.4. The molecule has 0 N–H and O–H groups in total. The molecular weight excluding hydrogens is 397 g/mol. The number of likely N-dealkylation sites (tertiary alicyclic amines) is 1. The van der Waals surface area contributed by atoms with Crippen LogP contribution in [0, 0.1) is 24.1 Å². The van der Waals surface area contributed by atoms with E-state index in [1.54, 1.807) is 6.07 Å². The molecule has 3 unspecified atom stereocenters. The number of fused-ring (bicyclic) bond motifs is 1. The van der Waals surface area contributed by atoms with Crippen LogP contribution in [0.5, 0.6) is 0 Å². The van der Waals surface area contributed by atoms with Gasteiger partial charge in [0, 0.05) is 18.0 Å². The lowest BCUT2D eigenvalue weighted by Gasteiger charge is -2.32. The topological polar surface area (TPSA) is 20.3 Å². The molecule has 1 heterocycles. The van der Waals surface area contributed by atoms with Crippen LogP contribution in [0.3, 0.4) is 0 Å². The first-order valence-corrected chi connectivity index (χ1v) is 11.4. The van der Waals surface area contributed by atoms with Gasteiger partial charge in [-0.1, -0.05) is 85.3 Å². The lowest BCUT2D eigenvalue weighted by molar-refractivity contribution is -0.137. The Kier molecular flexibility index (Phi) is 5.21. The van der Waals surface area contributed by atoms with Gasteiger partial charge in [-0.05, 0) is 48.6 Å². The van der Waals surface area contributed by atoms with Crippen molar-refractivity contribution in [2.75, 3.05) is 0 Å². The van der Waals surface area contributed by atoms with Crippen LogP contribution in [0.25, 0.3) is 11.1 Å². The van der Waals surface area contributed by atoms with Crippen LogP contribution in [0.15, 0.2) is 84.9 Å². The molecule has 0 aromatic heterocycles. The summed E-state index contributed by atoms with van der Waals surface area (Å²) < 4.78 is 14.9. The fraction of sp³-hybridized carbons (Fsp3) is 0.276. The van der Waals surface area contributed by atoms with Gasteiger partial charge in [0.2, 0.25) is 5.91 Å². The maximum absolute atomic E-state index is 14.9. The van der Waals surface area contributed by atoms with Crippen molar-refractivity contribution in [1.29, 1.82) is 0 Å². The molecule has 2 nitrogen and oxygen atoms in total. The number of hydrogen-bond acceptors (Lipinski definition) is 1. The standard InChI is InChI=1S/C29H28FNO/c1-20-11-13-22(14-12-20)24-18-23(15-16-26(24)30)27-25-10-6-7-17-29(25,2)28(32)31(27)19-21-8-4-3-5-9-21/h3-6,8-16,18,25,27H,7,17,19H2,1-2H3. The van der Waals surface area contributed by atoms with Crippen LogP contribution in [-0.4, -0.2) is 10.8 Å². The van der Waals surface area contributed by atoms with Gasteiger partial charge >= 0.3 is 0 Å². The van der Waals surface area contributed by atoms with E-state index >= 15 is 0 Å². The summed E-state index contributed by atoms with van der Waals surface area (Å²) in [5, 5.41) is 0. The summed E-state index contributed by atoms with van der Waals surface area (Å²) in [4.78, 5) is 15.7. The zero-order valence-corrected chi connectivity index (χ0v) is 18.6. The number of aryl methyl sites for hydroxylation is 1. The molecule has 5 rings (SSSR count). The minimum Gasteiger partial charge on any atom is -0.330 e. The summed E-state index contributed by atoms with van der Waals surface area (Å²) in [5.74, 6) is 0.0317. The SMILES string of the molecule is Cc1ccc(-c2cc(C3C4C=CCCC4(C)C(=O)N3Cc3ccccc3)ccc2F)cc1. The predicted molar refractivity (Wildman–Crippen MR) is 126 cm³/mol. The number of rotatable bonds is 4. The van der Waals surface area contributed by atoms with Gasteiger partial charge in [-0.15, -0.1) is 0 Å². The smallest absolute Gasteiger partial charge is 0.230 e. The van der Waals surface area contributed by atoms with Gasteiger partial charge < -0.3 is 4.90 Å². The Morgan fingerprint density at radius 3 is 2.53 bits per heavy atom. The number of benzene rings is 3. The Morgan fingerprint density at radius 2 is 1.78 bits per heavy atom. The minimum atomic E-state index is -0.424. The van der Waals surface area contributed by atoms with Gasteiger partial charge in [-0.3, -0.25) is 4.79 Å².